The largest absolute Gasteiger partial charge is 0.317 e. The summed E-state index contributed by atoms with van der Waals surface area (Å²) in [6.45, 7) is 5.46. The maximum absolute atomic E-state index is 13.5. The summed E-state index contributed by atoms with van der Waals surface area (Å²) < 4.78 is 39.3. The van der Waals surface area contributed by atoms with Crippen LogP contribution >= 0.6 is 0 Å². The summed E-state index contributed by atoms with van der Waals surface area (Å²) in [6, 6.07) is 4.35. The molecule has 0 aliphatic rings. The van der Waals surface area contributed by atoms with Crippen LogP contribution in [0.15, 0.2) is 18.2 Å². The molecule has 6 heteroatoms. The average molecular weight is 288 g/mol. The van der Waals surface area contributed by atoms with E-state index in [0.717, 1.165) is 25.1 Å². The topological polar surface area (TPSA) is 58.2 Å². The number of aryl methyl sites for hydroxylation is 1. The van der Waals surface area contributed by atoms with Gasteiger partial charge in [0, 0.05) is 0 Å². The Labute approximate surface area is 114 Å². The molecule has 0 amide bonds. The Bertz CT molecular complexity index is 503. The van der Waals surface area contributed by atoms with Crippen LogP contribution in [-0.4, -0.2) is 27.3 Å². The second-order valence-corrected chi connectivity index (χ2v) is 6.31. The Balaban J connectivity index is 2.52. The number of unbranched alkanes of at least 4 members (excludes halogenated alkanes) is 1. The maximum Gasteiger partial charge on any atom is 0.232 e. The molecule has 1 rings (SSSR count). The van der Waals surface area contributed by atoms with Crippen LogP contribution in [0.3, 0.4) is 0 Å². The van der Waals surface area contributed by atoms with Gasteiger partial charge in [0.1, 0.15) is 5.82 Å². The summed E-state index contributed by atoms with van der Waals surface area (Å²) in [5, 5.41) is 3.13. The molecule has 0 fully saturated rings. The summed E-state index contributed by atoms with van der Waals surface area (Å²) >= 11 is 0. The van der Waals surface area contributed by atoms with Gasteiger partial charge in [-0.2, -0.15) is 0 Å². The predicted octanol–water partition coefficient (Wildman–Crippen LogP) is 2.27. The van der Waals surface area contributed by atoms with Crippen LogP contribution < -0.4 is 10.0 Å². The first-order chi connectivity index (χ1) is 8.94. The van der Waals surface area contributed by atoms with Gasteiger partial charge in [0.2, 0.25) is 10.0 Å². The van der Waals surface area contributed by atoms with Gasteiger partial charge in [0.15, 0.2) is 0 Å². The zero-order chi connectivity index (χ0) is 14.3. The average Bonchev–Trinajstić information content (AvgIpc) is 2.33. The zero-order valence-electron chi connectivity index (χ0n) is 11.4. The summed E-state index contributed by atoms with van der Waals surface area (Å²) in [5.41, 5.74) is 0.831. The quantitative estimate of drug-likeness (QED) is 0.721. The van der Waals surface area contributed by atoms with Crippen molar-refractivity contribution in [2.75, 3.05) is 23.6 Å². The number of rotatable bonds is 8. The van der Waals surface area contributed by atoms with Crippen LogP contribution in [-0.2, 0) is 10.0 Å². The molecule has 0 heterocycles. The molecule has 0 bridgehead atoms. The molecule has 0 atom stereocenters. The second kappa shape index (κ2) is 7.45. The highest BCUT2D eigenvalue weighted by Gasteiger charge is 2.12. The fourth-order valence-corrected chi connectivity index (χ4v) is 2.83. The van der Waals surface area contributed by atoms with E-state index in [-0.39, 0.29) is 11.4 Å². The van der Waals surface area contributed by atoms with E-state index in [1.807, 2.05) is 6.92 Å². The zero-order valence-corrected chi connectivity index (χ0v) is 12.2. The third kappa shape index (κ3) is 6.02. The lowest BCUT2D eigenvalue weighted by Gasteiger charge is -2.09. The Morgan fingerprint density at radius 2 is 2.00 bits per heavy atom. The van der Waals surface area contributed by atoms with E-state index in [4.69, 9.17) is 0 Å². The van der Waals surface area contributed by atoms with E-state index in [1.54, 1.807) is 13.0 Å². The van der Waals surface area contributed by atoms with Crippen LogP contribution in [0.4, 0.5) is 10.1 Å². The van der Waals surface area contributed by atoms with Crippen LogP contribution in [0.25, 0.3) is 0 Å². The lowest BCUT2D eigenvalue weighted by molar-refractivity contribution is 0.591. The number of halogens is 1. The molecule has 19 heavy (non-hydrogen) atoms. The van der Waals surface area contributed by atoms with Gasteiger partial charge in [-0.25, -0.2) is 12.8 Å². The Hall–Kier alpha value is -1.14. The van der Waals surface area contributed by atoms with E-state index >= 15 is 0 Å². The molecule has 4 nitrogen and oxygen atoms in total. The molecule has 0 aromatic heterocycles. The molecule has 1 aromatic rings. The van der Waals surface area contributed by atoms with E-state index in [0.29, 0.717) is 6.42 Å². The van der Waals surface area contributed by atoms with Crippen LogP contribution in [0.2, 0.25) is 0 Å². The van der Waals surface area contributed by atoms with Crippen LogP contribution in [0.1, 0.15) is 25.3 Å². The molecule has 0 spiro atoms. The molecule has 0 aliphatic carbocycles. The minimum absolute atomic E-state index is 0.00573. The highest BCUT2D eigenvalue weighted by molar-refractivity contribution is 7.92. The minimum Gasteiger partial charge on any atom is -0.317 e. The van der Waals surface area contributed by atoms with Crippen molar-refractivity contribution in [2.24, 2.45) is 0 Å². The van der Waals surface area contributed by atoms with Gasteiger partial charge < -0.3 is 5.32 Å². The standard InChI is InChI=1S/C13H21FN2O2S/c1-3-15-8-4-5-9-19(17,18)16-13-10-11(2)6-7-12(13)14/h6-7,10,15-16H,3-5,8-9H2,1-2H3. The molecule has 108 valence electrons. The highest BCUT2D eigenvalue weighted by atomic mass is 32.2. The number of hydrogen-bond donors (Lipinski definition) is 2. The van der Waals surface area contributed by atoms with Crippen molar-refractivity contribution < 1.29 is 12.8 Å². The van der Waals surface area contributed by atoms with E-state index < -0.39 is 15.8 Å². The monoisotopic (exact) mass is 288 g/mol. The smallest absolute Gasteiger partial charge is 0.232 e. The molecule has 2 N–H and O–H groups in total. The third-order valence-electron chi connectivity index (χ3n) is 2.65. The predicted molar refractivity (Wildman–Crippen MR) is 76.3 cm³/mol. The van der Waals surface area contributed by atoms with Gasteiger partial charge in [-0.3, -0.25) is 4.72 Å². The van der Waals surface area contributed by atoms with Crippen molar-refractivity contribution in [3.63, 3.8) is 0 Å². The van der Waals surface area contributed by atoms with E-state index in [2.05, 4.69) is 10.0 Å². The fourth-order valence-electron chi connectivity index (χ4n) is 1.65. The highest BCUT2D eigenvalue weighted by Crippen LogP contribution is 2.17. The Kier molecular flexibility index (Phi) is 6.24. The van der Waals surface area contributed by atoms with Gasteiger partial charge in [0.25, 0.3) is 0 Å². The van der Waals surface area contributed by atoms with Gasteiger partial charge in [-0.1, -0.05) is 13.0 Å². The second-order valence-electron chi connectivity index (χ2n) is 4.46. The van der Waals surface area contributed by atoms with Crippen molar-refractivity contribution >= 4 is 15.7 Å². The maximum atomic E-state index is 13.5. The van der Waals surface area contributed by atoms with Crippen molar-refractivity contribution in [2.45, 2.75) is 26.7 Å². The minimum atomic E-state index is -3.48. The lowest BCUT2D eigenvalue weighted by Crippen LogP contribution is -2.19. The summed E-state index contributed by atoms with van der Waals surface area (Å²) in [5.74, 6) is -0.548. The van der Waals surface area contributed by atoms with Gasteiger partial charge in [0.05, 0.1) is 11.4 Å². The fraction of sp³-hybridized carbons (Fsp3) is 0.538. The summed E-state index contributed by atoms with van der Waals surface area (Å²) in [6.07, 6.45) is 1.33. The van der Waals surface area contributed by atoms with E-state index in [1.165, 1.54) is 12.1 Å². The molecular weight excluding hydrogens is 267 g/mol. The van der Waals surface area contributed by atoms with Gasteiger partial charge in [-0.05, 0) is 50.6 Å². The molecule has 0 saturated carbocycles. The first-order valence-corrected chi connectivity index (χ1v) is 8.07. The first-order valence-electron chi connectivity index (χ1n) is 6.42. The van der Waals surface area contributed by atoms with Crippen molar-refractivity contribution in [1.82, 2.24) is 5.32 Å². The van der Waals surface area contributed by atoms with Crippen LogP contribution in [0, 0.1) is 12.7 Å². The molecule has 0 saturated heterocycles. The Morgan fingerprint density at radius 1 is 1.26 bits per heavy atom. The van der Waals surface area contributed by atoms with Gasteiger partial charge in [-0.15, -0.1) is 0 Å². The number of sulfonamides is 1. The molecule has 0 radical (unpaired) electrons. The van der Waals surface area contributed by atoms with Crippen LogP contribution in [0.5, 0.6) is 0 Å². The third-order valence-corrected chi connectivity index (χ3v) is 4.01. The molecule has 0 unspecified atom stereocenters. The van der Waals surface area contributed by atoms with Crippen molar-refractivity contribution in [1.29, 1.82) is 0 Å². The number of nitrogens with one attached hydrogen (secondary N) is 2. The first kappa shape index (κ1) is 15.9. The van der Waals surface area contributed by atoms with E-state index in [9.17, 15) is 12.8 Å². The number of hydrogen-bond acceptors (Lipinski definition) is 3. The SMILES string of the molecule is CCNCCCCS(=O)(=O)Nc1cc(C)ccc1F. The Morgan fingerprint density at radius 3 is 2.68 bits per heavy atom. The summed E-state index contributed by atoms with van der Waals surface area (Å²) in [7, 11) is -3.48. The molecular formula is C13H21FN2O2S. The molecule has 1 aromatic carbocycles. The lowest BCUT2D eigenvalue weighted by atomic mass is 10.2. The van der Waals surface area contributed by atoms with Crippen molar-refractivity contribution in [3.05, 3.63) is 29.6 Å². The number of benzene rings is 1. The summed E-state index contributed by atoms with van der Waals surface area (Å²) in [4.78, 5) is 0. The van der Waals surface area contributed by atoms with Crippen molar-refractivity contribution in [3.8, 4) is 0 Å². The molecule has 0 aliphatic heterocycles. The normalized spacial score (nSPS) is 11.5. The number of anilines is 1. The van der Waals surface area contributed by atoms with Gasteiger partial charge >= 0.3 is 0 Å².